The van der Waals surface area contributed by atoms with Gasteiger partial charge in [-0.3, -0.25) is 13.9 Å². The van der Waals surface area contributed by atoms with E-state index in [4.69, 9.17) is 34.8 Å². The van der Waals surface area contributed by atoms with Crippen molar-refractivity contribution < 1.29 is 18.0 Å². The molecule has 1 atom stereocenters. The summed E-state index contributed by atoms with van der Waals surface area (Å²) in [4.78, 5) is 29.8. The van der Waals surface area contributed by atoms with Gasteiger partial charge in [0, 0.05) is 24.5 Å². The predicted molar refractivity (Wildman–Crippen MR) is 186 cm³/mol. The molecule has 0 saturated carbocycles. The summed E-state index contributed by atoms with van der Waals surface area (Å²) >= 11 is 18.7. The standard InChI is InChI=1S/C35H36Cl3N3O4S/c1-3-4-19-39-35(43)33(22-26-11-7-5-8-12-26)40(23-27-15-17-30(37)31(38)21-27)34(42)24-41(32-18-16-28(36)20-25(32)2)46(44,45)29-13-9-6-10-14-29/h5-18,20-21,33H,3-4,19,22-24H2,1-2H3,(H,39,43)/t33-/m0/s1. The maximum absolute atomic E-state index is 14.6. The molecule has 11 heteroatoms. The Balaban J connectivity index is 1.82. The second-order valence-corrected chi connectivity index (χ2v) is 14.0. The second kappa shape index (κ2) is 16.3. The molecule has 46 heavy (non-hydrogen) atoms. The summed E-state index contributed by atoms with van der Waals surface area (Å²) in [6, 6.07) is 26.1. The Morgan fingerprint density at radius 2 is 1.50 bits per heavy atom. The molecule has 4 aromatic carbocycles. The number of carbonyl (C=O) groups is 2. The summed E-state index contributed by atoms with van der Waals surface area (Å²) in [5, 5.41) is 4.05. The van der Waals surface area contributed by atoms with Crippen LogP contribution in [0.1, 0.15) is 36.5 Å². The summed E-state index contributed by atoms with van der Waals surface area (Å²) in [6.07, 6.45) is 1.85. The van der Waals surface area contributed by atoms with E-state index in [0.29, 0.717) is 38.4 Å². The van der Waals surface area contributed by atoms with Crippen molar-refractivity contribution in [2.24, 2.45) is 0 Å². The Morgan fingerprint density at radius 3 is 2.13 bits per heavy atom. The lowest BCUT2D eigenvalue weighted by Gasteiger charge is -2.34. The molecule has 0 aliphatic rings. The number of hydrogen-bond donors (Lipinski definition) is 1. The van der Waals surface area contributed by atoms with Gasteiger partial charge in [-0.2, -0.15) is 0 Å². The van der Waals surface area contributed by atoms with Gasteiger partial charge in [0.05, 0.1) is 20.6 Å². The number of nitrogens with one attached hydrogen (secondary N) is 1. The molecule has 0 radical (unpaired) electrons. The maximum atomic E-state index is 14.6. The Bertz CT molecular complexity index is 1760. The molecule has 0 spiro atoms. The third kappa shape index (κ3) is 9.04. The van der Waals surface area contributed by atoms with Crippen LogP contribution in [-0.4, -0.2) is 44.3 Å². The van der Waals surface area contributed by atoms with Gasteiger partial charge in [0.2, 0.25) is 11.8 Å². The van der Waals surface area contributed by atoms with Crippen LogP contribution in [0.4, 0.5) is 5.69 Å². The fourth-order valence-electron chi connectivity index (χ4n) is 5.03. The number of unbranched alkanes of at least 4 members (excludes halogenated alkanes) is 1. The third-order valence-corrected chi connectivity index (χ3v) is 10.2. The molecule has 0 aromatic heterocycles. The van der Waals surface area contributed by atoms with Gasteiger partial charge in [-0.1, -0.05) is 103 Å². The lowest BCUT2D eigenvalue weighted by molar-refractivity contribution is -0.140. The summed E-state index contributed by atoms with van der Waals surface area (Å²) in [7, 11) is -4.22. The highest BCUT2D eigenvalue weighted by Gasteiger charge is 2.35. The Kier molecular flexibility index (Phi) is 12.5. The predicted octanol–water partition coefficient (Wildman–Crippen LogP) is 7.71. The molecule has 0 fully saturated rings. The zero-order valence-electron chi connectivity index (χ0n) is 25.6. The molecule has 4 aromatic rings. The molecule has 2 amide bonds. The maximum Gasteiger partial charge on any atom is 0.264 e. The number of nitrogens with zero attached hydrogens (tertiary/aromatic N) is 2. The monoisotopic (exact) mass is 699 g/mol. The second-order valence-electron chi connectivity index (χ2n) is 10.9. The smallest absolute Gasteiger partial charge is 0.264 e. The van der Waals surface area contributed by atoms with Gasteiger partial charge in [-0.05, 0) is 72.5 Å². The van der Waals surface area contributed by atoms with Crippen LogP contribution in [0.5, 0.6) is 0 Å². The quantitative estimate of drug-likeness (QED) is 0.137. The SMILES string of the molecule is CCCCNC(=O)[C@H](Cc1ccccc1)N(Cc1ccc(Cl)c(Cl)c1)C(=O)CN(c1ccc(Cl)cc1C)S(=O)(=O)c1ccccc1. The highest BCUT2D eigenvalue weighted by Crippen LogP contribution is 2.30. The highest BCUT2D eigenvalue weighted by atomic mass is 35.5. The van der Waals surface area contributed by atoms with E-state index in [9.17, 15) is 18.0 Å². The lowest BCUT2D eigenvalue weighted by Crippen LogP contribution is -2.53. The Morgan fingerprint density at radius 1 is 0.826 bits per heavy atom. The molecule has 0 heterocycles. The molecule has 0 saturated heterocycles. The van der Waals surface area contributed by atoms with E-state index in [1.165, 1.54) is 17.0 Å². The van der Waals surface area contributed by atoms with Gasteiger partial charge in [0.1, 0.15) is 12.6 Å². The van der Waals surface area contributed by atoms with E-state index < -0.39 is 28.5 Å². The van der Waals surface area contributed by atoms with Crippen molar-refractivity contribution in [3.63, 3.8) is 0 Å². The average Bonchev–Trinajstić information content (AvgIpc) is 3.04. The van der Waals surface area contributed by atoms with Gasteiger partial charge in [0.15, 0.2) is 0 Å². The van der Waals surface area contributed by atoms with Crippen LogP contribution in [0.25, 0.3) is 0 Å². The molecule has 0 bridgehead atoms. The zero-order chi connectivity index (χ0) is 33.3. The topological polar surface area (TPSA) is 86.8 Å². The lowest BCUT2D eigenvalue weighted by atomic mass is 10.0. The Labute approximate surface area is 286 Å². The van der Waals surface area contributed by atoms with Crippen molar-refractivity contribution >= 4 is 62.3 Å². The minimum atomic E-state index is -4.22. The first-order valence-corrected chi connectivity index (χ1v) is 17.5. The van der Waals surface area contributed by atoms with Crippen LogP contribution in [0.3, 0.4) is 0 Å². The number of carbonyl (C=O) groups excluding carboxylic acids is 2. The number of amides is 2. The molecule has 0 unspecified atom stereocenters. The summed E-state index contributed by atoms with van der Waals surface area (Å²) in [5.41, 5.74) is 2.33. The molecule has 4 rings (SSSR count). The summed E-state index contributed by atoms with van der Waals surface area (Å²) < 4.78 is 29.4. The number of hydrogen-bond acceptors (Lipinski definition) is 4. The average molecular weight is 701 g/mol. The number of rotatable bonds is 14. The minimum Gasteiger partial charge on any atom is -0.354 e. The van der Waals surface area contributed by atoms with E-state index >= 15 is 0 Å². The first kappa shape index (κ1) is 35.3. The van der Waals surface area contributed by atoms with Crippen LogP contribution in [-0.2, 0) is 32.6 Å². The van der Waals surface area contributed by atoms with Crippen LogP contribution < -0.4 is 9.62 Å². The summed E-state index contributed by atoms with van der Waals surface area (Å²) in [6.45, 7) is 3.59. The fraction of sp³-hybridized carbons (Fsp3) is 0.257. The van der Waals surface area contributed by atoms with Gasteiger partial charge in [-0.25, -0.2) is 8.42 Å². The van der Waals surface area contributed by atoms with Gasteiger partial charge < -0.3 is 10.2 Å². The van der Waals surface area contributed by atoms with Crippen molar-refractivity contribution in [3.8, 4) is 0 Å². The fourth-order valence-corrected chi connectivity index (χ4v) is 7.07. The van der Waals surface area contributed by atoms with E-state index in [0.717, 1.165) is 22.7 Å². The van der Waals surface area contributed by atoms with Gasteiger partial charge >= 0.3 is 0 Å². The molecular weight excluding hydrogens is 665 g/mol. The van der Waals surface area contributed by atoms with Crippen LogP contribution in [0.2, 0.25) is 15.1 Å². The minimum absolute atomic E-state index is 0.0197. The normalized spacial score (nSPS) is 11.9. The largest absolute Gasteiger partial charge is 0.354 e. The van der Waals surface area contributed by atoms with Gasteiger partial charge in [-0.15, -0.1) is 0 Å². The third-order valence-electron chi connectivity index (χ3n) is 7.48. The molecule has 0 aliphatic carbocycles. The number of benzene rings is 4. The first-order valence-electron chi connectivity index (χ1n) is 14.9. The number of anilines is 1. The number of halogens is 3. The number of sulfonamides is 1. The highest BCUT2D eigenvalue weighted by molar-refractivity contribution is 7.92. The molecule has 1 N–H and O–H groups in total. The van der Waals surface area contributed by atoms with Gasteiger partial charge in [0.25, 0.3) is 10.0 Å². The van der Waals surface area contributed by atoms with E-state index in [-0.39, 0.29) is 23.8 Å². The van der Waals surface area contributed by atoms with Crippen LogP contribution in [0.15, 0.2) is 102 Å². The van der Waals surface area contributed by atoms with Crippen molar-refractivity contribution in [1.29, 1.82) is 0 Å². The summed E-state index contributed by atoms with van der Waals surface area (Å²) in [5.74, 6) is -0.919. The van der Waals surface area contributed by atoms with E-state index in [2.05, 4.69) is 5.32 Å². The number of aryl methyl sites for hydroxylation is 1. The van der Waals surface area contributed by atoms with Crippen molar-refractivity contribution in [1.82, 2.24) is 10.2 Å². The van der Waals surface area contributed by atoms with Crippen molar-refractivity contribution in [2.45, 2.75) is 50.6 Å². The zero-order valence-corrected chi connectivity index (χ0v) is 28.7. The molecule has 242 valence electrons. The van der Waals surface area contributed by atoms with E-state index in [1.807, 2.05) is 37.3 Å². The van der Waals surface area contributed by atoms with Crippen molar-refractivity contribution in [3.05, 3.63) is 129 Å². The molecule has 7 nitrogen and oxygen atoms in total. The van der Waals surface area contributed by atoms with Crippen molar-refractivity contribution in [2.75, 3.05) is 17.4 Å². The molecular formula is C35H36Cl3N3O4S. The Hall–Kier alpha value is -3.56. The van der Waals surface area contributed by atoms with E-state index in [1.54, 1.807) is 61.5 Å². The molecule has 0 aliphatic heterocycles. The van der Waals surface area contributed by atoms with Crippen LogP contribution >= 0.6 is 34.8 Å². The first-order chi connectivity index (χ1) is 22.0. The van der Waals surface area contributed by atoms with Crippen LogP contribution in [0, 0.1) is 6.92 Å².